The number of aliphatic hydroxyl groups is 2. The number of carbonyl (C=O) groups is 1. The lowest BCUT2D eigenvalue weighted by molar-refractivity contribution is 0.0148. The molecule has 18 heavy (non-hydrogen) atoms. The average molecular weight is 255 g/mol. The van der Waals surface area contributed by atoms with E-state index in [9.17, 15) is 15.0 Å². The maximum Gasteiger partial charge on any atom is 0.335 e. The first-order valence-electron chi connectivity index (χ1n) is 5.48. The van der Waals surface area contributed by atoms with Gasteiger partial charge in [0.25, 0.3) is 0 Å². The van der Waals surface area contributed by atoms with E-state index in [1.165, 1.54) is 25.3 Å². The number of carboxylic acid groups (broad SMARTS) is 1. The van der Waals surface area contributed by atoms with Crippen molar-refractivity contribution in [1.29, 1.82) is 0 Å². The van der Waals surface area contributed by atoms with Crippen molar-refractivity contribution in [3.8, 4) is 5.75 Å². The second-order valence-corrected chi connectivity index (χ2v) is 3.89. The molecule has 0 heterocycles. The average Bonchev–Trinajstić information content (AvgIpc) is 2.37. The van der Waals surface area contributed by atoms with Crippen LogP contribution >= 0.6 is 0 Å². The molecule has 0 aromatic heterocycles. The van der Waals surface area contributed by atoms with E-state index in [0.29, 0.717) is 5.75 Å². The van der Waals surface area contributed by atoms with E-state index in [4.69, 9.17) is 15.6 Å². The summed E-state index contributed by atoms with van der Waals surface area (Å²) in [6.45, 7) is 0.230. The maximum absolute atomic E-state index is 10.9. The summed E-state index contributed by atoms with van der Waals surface area (Å²) in [5.74, 6) is -0.820. The highest BCUT2D eigenvalue weighted by molar-refractivity contribution is 5.88. The van der Waals surface area contributed by atoms with Crippen LogP contribution in [0.5, 0.6) is 5.75 Å². The number of aromatic carboxylic acids is 1. The van der Waals surface area contributed by atoms with Gasteiger partial charge in [0.05, 0.1) is 18.8 Å². The summed E-state index contributed by atoms with van der Waals surface area (Å²) in [6.07, 6.45) is -2.01. The second kappa shape index (κ2) is 6.34. The molecule has 5 N–H and O–H groups in total. The Morgan fingerprint density at radius 3 is 2.56 bits per heavy atom. The molecule has 0 aliphatic heterocycles. The molecule has 2 atom stereocenters. The number of nitrogens with two attached hydrogens (primary N) is 1. The third kappa shape index (κ3) is 3.43. The monoisotopic (exact) mass is 255 g/mol. The molecule has 1 rings (SSSR count). The predicted octanol–water partition coefficient (Wildman–Crippen LogP) is 0.136. The quantitative estimate of drug-likeness (QED) is 0.575. The van der Waals surface area contributed by atoms with Gasteiger partial charge >= 0.3 is 5.97 Å². The van der Waals surface area contributed by atoms with Crippen LogP contribution in [0.3, 0.4) is 0 Å². The highest BCUT2D eigenvalue weighted by Gasteiger charge is 2.20. The Bertz CT molecular complexity index is 421. The number of rotatable bonds is 6. The van der Waals surface area contributed by atoms with Gasteiger partial charge in [-0.25, -0.2) is 4.79 Å². The van der Waals surface area contributed by atoms with Crippen molar-refractivity contribution < 1.29 is 24.9 Å². The number of hydrogen-bond acceptors (Lipinski definition) is 5. The Balaban J connectivity index is 3.07. The fourth-order valence-electron chi connectivity index (χ4n) is 1.58. The number of benzene rings is 1. The van der Waals surface area contributed by atoms with Crippen LogP contribution in [0.25, 0.3) is 0 Å². The minimum Gasteiger partial charge on any atom is -0.497 e. The van der Waals surface area contributed by atoms with E-state index in [1.807, 2.05) is 0 Å². The Kier molecular flexibility index (Phi) is 5.08. The van der Waals surface area contributed by atoms with E-state index >= 15 is 0 Å². The van der Waals surface area contributed by atoms with Crippen LogP contribution in [0.4, 0.5) is 0 Å². The van der Waals surface area contributed by atoms with Gasteiger partial charge in [0.1, 0.15) is 11.9 Å². The summed E-state index contributed by atoms with van der Waals surface area (Å²) >= 11 is 0. The van der Waals surface area contributed by atoms with E-state index < -0.39 is 18.2 Å². The first-order valence-corrected chi connectivity index (χ1v) is 5.48. The van der Waals surface area contributed by atoms with Crippen LogP contribution in [0.1, 0.15) is 28.4 Å². The molecule has 100 valence electrons. The first kappa shape index (κ1) is 14.4. The van der Waals surface area contributed by atoms with E-state index in [2.05, 4.69) is 0 Å². The molecule has 2 unspecified atom stereocenters. The Hall–Kier alpha value is -1.63. The standard InChI is InChI=1S/C12H17NO5/c1-18-9-5-7(4-8(6-9)12(16)17)11(15)10(14)2-3-13/h4-6,10-11,14-15H,2-3,13H2,1H3,(H,16,17). The summed E-state index contributed by atoms with van der Waals surface area (Å²) in [4.78, 5) is 10.9. The SMILES string of the molecule is COc1cc(C(=O)O)cc(C(O)C(O)CCN)c1. The van der Waals surface area contributed by atoms with Crippen LogP contribution in [0.15, 0.2) is 18.2 Å². The lowest BCUT2D eigenvalue weighted by Gasteiger charge is -2.18. The molecule has 0 saturated heterocycles. The van der Waals surface area contributed by atoms with Crippen molar-refractivity contribution in [3.05, 3.63) is 29.3 Å². The van der Waals surface area contributed by atoms with Gasteiger partial charge in [-0.15, -0.1) is 0 Å². The van der Waals surface area contributed by atoms with Crippen LogP contribution in [0.2, 0.25) is 0 Å². The van der Waals surface area contributed by atoms with Gasteiger partial charge < -0.3 is 25.8 Å². The van der Waals surface area contributed by atoms with Gasteiger partial charge in [0, 0.05) is 0 Å². The number of aliphatic hydroxyl groups excluding tert-OH is 2. The normalized spacial score (nSPS) is 14.0. The molecule has 0 aliphatic rings. The number of hydrogen-bond donors (Lipinski definition) is 4. The van der Waals surface area contributed by atoms with Crippen molar-refractivity contribution in [2.45, 2.75) is 18.6 Å². The fourth-order valence-corrected chi connectivity index (χ4v) is 1.58. The third-order valence-corrected chi connectivity index (χ3v) is 2.58. The molecule has 0 fully saturated rings. The third-order valence-electron chi connectivity index (χ3n) is 2.58. The zero-order chi connectivity index (χ0) is 13.7. The molecular weight excluding hydrogens is 238 g/mol. The topological polar surface area (TPSA) is 113 Å². The Morgan fingerprint density at radius 2 is 2.06 bits per heavy atom. The largest absolute Gasteiger partial charge is 0.497 e. The van der Waals surface area contributed by atoms with Crippen molar-refractivity contribution in [2.24, 2.45) is 5.73 Å². The lowest BCUT2D eigenvalue weighted by Crippen LogP contribution is -2.22. The summed E-state index contributed by atoms with van der Waals surface area (Å²) < 4.78 is 4.95. The van der Waals surface area contributed by atoms with Crippen molar-refractivity contribution in [1.82, 2.24) is 0 Å². The summed E-state index contributed by atoms with van der Waals surface area (Å²) in [5, 5.41) is 28.5. The van der Waals surface area contributed by atoms with Crippen LogP contribution in [-0.4, -0.2) is 41.0 Å². The predicted molar refractivity (Wildman–Crippen MR) is 64.6 cm³/mol. The maximum atomic E-state index is 10.9. The smallest absolute Gasteiger partial charge is 0.335 e. The van der Waals surface area contributed by atoms with Crippen LogP contribution in [-0.2, 0) is 0 Å². The molecule has 0 spiro atoms. The molecule has 1 aromatic carbocycles. The minimum atomic E-state index is -1.19. The van der Waals surface area contributed by atoms with E-state index in [1.54, 1.807) is 0 Å². The zero-order valence-electron chi connectivity index (χ0n) is 10.0. The van der Waals surface area contributed by atoms with E-state index in [0.717, 1.165) is 0 Å². The summed E-state index contributed by atoms with van der Waals surface area (Å²) in [7, 11) is 1.40. The molecular formula is C12H17NO5. The van der Waals surface area contributed by atoms with Crippen molar-refractivity contribution >= 4 is 5.97 Å². The Labute approximate surface area is 105 Å². The van der Waals surface area contributed by atoms with Gasteiger partial charge in [0.15, 0.2) is 0 Å². The fraction of sp³-hybridized carbons (Fsp3) is 0.417. The number of carboxylic acids is 1. The second-order valence-electron chi connectivity index (χ2n) is 3.89. The summed E-state index contributed by atoms with van der Waals surface area (Å²) in [5.41, 5.74) is 5.56. The molecule has 0 bridgehead atoms. The molecule has 6 heteroatoms. The van der Waals surface area contributed by atoms with Gasteiger partial charge in [-0.3, -0.25) is 0 Å². The molecule has 1 aromatic rings. The zero-order valence-corrected chi connectivity index (χ0v) is 10.0. The first-order chi connectivity index (χ1) is 8.49. The lowest BCUT2D eigenvalue weighted by atomic mass is 9.99. The molecule has 0 amide bonds. The minimum absolute atomic E-state index is 0.0108. The Morgan fingerprint density at radius 1 is 1.39 bits per heavy atom. The van der Waals surface area contributed by atoms with Crippen LogP contribution in [0, 0.1) is 0 Å². The highest BCUT2D eigenvalue weighted by atomic mass is 16.5. The van der Waals surface area contributed by atoms with Gasteiger partial charge in [0.2, 0.25) is 0 Å². The van der Waals surface area contributed by atoms with Crippen molar-refractivity contribution in [3.63, 3.8) is 0 Å². The van der Waals surface area contributed by atoms with Gasteiger partial charge in [-0.05, 0) is 36.7 Å². The summed E-state index contributed by atoms with van der Waals surface area (Å²) in [6, 6.07) is 4.12. The van der Waals surface area contributed by atoms with Crippen LogP contribution < -0.4 is 10.5 Å². The number of methoxy groups -OCH3 is 1. The van der Waals surface area contributed by atoms with Crippen molar-refractivity contribution in [2.75, 3.05) is 13.7 Å². The van der Waals surface area contributed by atoms with E-state index in [-0.39, 0.29) is 24.1 Å². The number of ether oxygens (including phenoxy) is 1. The van der Waals surface area contributed by atoms with Gasteiger partial charge in [-0.2, -0.15) is 0 Å². The molecule has 6 nitrogen and oxygen atoms in total. The molecule has 0 radical (unpaired) electrons. The van der Waals surface area contributed by atoms with Gasteiger partial charge in [-0.1, -0.05) is 0 Å². The molecule has 0 saturated carbocycles. The highest BCUT2D eigenvalue weighted by Crippen LogP contribution is 2.25. The molecule has 0 aliphatic carbocycles.